The molecule has 0 aliphatic rings. The second-order valence-electron chi connectivity index (χ2n) is 6.35. The standard InChI is InChI=1S/C22H19N3O3/c1-28-20-10-9-14-5-2-3-6-15(14)17(20)13-24-21(26)22(27)25-19-8-4-7-18-16(19)11-12-23-18/h2-12,23H,13H2,1H3,(H,24,26)(H,25,27). The first-order valence-corrected chi connectivity index (χ1v) is 8.87. The number of methoxy groups -OCH3 is 1. The van der Waals surface area contributed by atoms with Crippen molar-refractivity contribution >= 4 is 39.2 Å². The minimum absolute atomic E-state index is 0.186. The van der Waals surface area contributed by atoms with E-state index in [1.165, 1.54) is 0 Å². The van der Waals surface area contributed by atoms with Gasteiger partial charge < -0.3 is 20.4 Å². The van der Waals surface area contributed by atoms with Crippen molar-refractivity contribution in [2.24, 2.45) is 0 Å². The van der Waals surface area contributed by atoms with Crippen LogP contribution in [0.15, 0.2) is 66.9 Å². The number of amides is 2. The molecule has 3 aromatic carbocycles. The molecule has 4 aromatic rings. The third-order valence-corrected chi connectivity index (χ3v) is 4.69. The lowest BCUT2D eigenvalue weighted by atomic mass is 10.0. The summed E-state index contributed by atoms with van der Waals surface area (Å²) < 4.78 is 5.43. The van der Waals surface area contributed by atoms with Gasteiger partial charge in [-0.1, -0.05) is 36.4 Å². The molecule has 0 aliphatic heterocycles. The Morgan fingerprint density at radius 2 is 1.79 bits per heavy atom. The summed E-state index contributed by atoms with van der Waals surface area (Å²) >= 11 is 0. The Hall–Kier alpha value is -3.80. The summed E-state index contributed by atoms with van der Waals surface area (Å²) in [6.45, 7) is 0.186. The van der Waals surface area contributed by atoms with Crippen LogP contribution in [0.5, 0.6) is 5.75 Å². The van der Waals surface area contributed by atoms with Crippen LogP contribution in [0.4, 0.5) is 5.69 Å². The van der Waals surface area contributed by atoms with Crippen molar-refractivity contribution in [3.63, 3.8) is 0 Å². The van der Waals surface area contributed by atoms with E-state index in [-0.39, 0.29) is 6.54 Å². The molecule has 0 saturated heterocycles. The fourth-order valence-corrected chi connectivity index (χ4v) is 3.31. The number of benzene rings is 3. The van der Waals surface area contributed by atoms with Gasteiger partial charge in [0, 0.05) is 29.2 Å². The van der Waals surface area contributed by atoms with Gasteiger partial charge >= 0.3 is 11.8 Å². The minimum atomic E-state index is -0.715. The topological polar surface area (TPSA) is 83.2 Å². The molecule has 0 spiro atoms. The van der Waals surface area contributed by atoms with Crippen molar-refractivity contribution in [1.29, 1.82) is 0 Å². The molecule has 0 saturated carbocycles. The fraction of sp³-hybridized carbons (Fsp3) is 0.0909. The number of carbonyl (C=O) groups excluding carboxylic acids is 2. The van der Waals surface area contributed by atoms with Crippen LogP contribution in [-0.4, -0.2) is 23.9 Å². The zero-order valence-electron chi connectivity index (χ0n) is 15.3. The van der Waals surface area contributed by atoms with Crippen LogP contribution in [0.25, 0.3) is 21.7 Å². The average molecular weight is 373 g/mol. The lowest BCUT2D eigenvalue weighted by Gasteiger charge is -2.13. The fourth-order valence-electron chi connectivity index (χ4n) is 3.31. The lowest BCUT2D eigenvalue weighted by Crippen LogP contribution is -2.35. The number of carbonyl (C=O) groups is 2. The molecule has 3 N–H and O–H groups in total. The van der Waals surface area contributed by atoms with Crippen LogP contribution in [0.3, 0.4) is 0 Å². The molecule has 2 amide bonds. The maximum atomic E-state index is 12.4. The van der Waals surface area contributed by atoms with Crippen LogP contribution in [0, 0.1) is 0 Å². The third-order valence-electron chi connectivity index (χ3n) is 4.69. The van der Waals surface area contributed by atoms with Crippen molar-refractivity contribution in [2.75, 3.05) is 12.4 Å². The van der Waals surface area contributed by atoms with E-state index < -0.39 is 11.8 Å². The molecule has 0 bridgehead atoms. The number of hydrogen-bond donors (Lipinski definition) is 3. The smallest absolute Gasteiger partial charge is 0.313 e. The quantitative estimate of drug-likeness (QED) is 0.478. The van der Waals surface area contributed by atoms with Crippen LogP contribution >= 0.6 is 0 Å². The average Bonchev–Trinajstić information content (AvgIpc) is 3.21. The van der Waals surface area contributed by atoms with Crippen LogP contribution in [-0.2, 0) is 16.1 Å². The van der Waals surface area contributed by atoms with Crippen molar-refractivity contribution in [3.8, 4) is 5.75 Å². The number of fused-ring (bicyclic) bond motifs is 2. The Morgan fingerprint density at radius 1 is 0.929 bits per heavy atom. The monoisotopic (exact) mass is 373 g/mol. The second kappa shape index (κ2) is 7.44. The SMILES string of the molecule is COc1ccc2ccccc2c1CNC(=O)C(=O)Nc1cccc2[nH]ccc12. The maximum absolute atomic E-state index is 12.4. The van der Waals surface area contributed by atoms with E-state index in [4.69, 9.17) is 4.74 Å². The van der Waals surface area contributed by atoms with E-state index in [0.29, 0.717) is 11.4 Å². The van der Waals surface area contributed by atoms with E-state index in [0.717, 1.165) is 27.2 Å². The number of anilines is 1. The van der Waals surface area contributed by atoms with E-state index in [9.17, 15) is 9.59 Å². The Bertz CT molecular complexity index is 1180. The molecule has 0 fully saturated rings. The molecule has 1 aromatic heterocycles. The molecule has 0 aliphatic carbocycles. The van der Waals surface area contributed by atoms with E-state index in [1.54, 1.807) is 19.4 Å². The molecule has 1 heterocycles. The van der Waals surface area contributed by atoms with Gasteiger partial charge in [-0.2, -0.15) is 0 Å². The van der Waals surface area contributed by atoms with Crippen molar-refractivity contribution in [1.82, 2.24) is 10.3 Å². The third kappa shape index (κ3) is 3.27. The summed E-state index contributed by atoms with van der Waals surface area (Å²) in [4.78, 5) is 27.8. The van der Waals surface area contributed by atoms with Gasteiger partial charge in [0.1, 0.15) is 5.75 Å². The summed E-state index contributed by atoms with van der Waals surface area (Å²) in [5.41, 5.74) is 2.30. The van der Waals surface area contributed by atoms with Crippen LogP contribution in [0.1, 0.15) is 5.56 Å². The minimum Gasteiger partial charge on any atom is -0.496 e. The molecule has 0 atom stereocenters. The van der Waals surface area contributed by atoms with Gasteiger partial charge in [-0.15, -0.1) is 0 Å². The maximum Gasteiger partial charge on any atom is 0.313 e. The Balaban J connectivity index is 1.51. The van der Waals surface area contributed by atoms with Gasteiger partial charge in [0.05, 0.1) is 12.8 Å². The zero-order chi connectivity index (χ0) is 19.5. The predicted octanol–water partition coefficient (Wildman–Crippen LogP) is 3.58. The summed E-state index contributed by atoms with van der Waals surface area (Å²) in [7, 11) is 1.58. The number of H-pyrrole nitrogens is 1. The van der Waals surface area contributed by atoms with Gasteiger partial charge in [-0.3, -0.25) is 9.59 Å². The second-order valence-corrected chi connectivity index (χ2v) is 6.35. The molecular formula is C22H19N3O3. The Morgan fingerprint density at radius 3 is 2.64 bits per heavy atom. The molecule has 28 heavy (non-hydrogen) atoms. The normalized spacial score (nSPS) is 10.8. The molecule has 6 nitrogen and oxygen atoms in total. The Labute approximate surface area is 161 Å². The number of ether oxygens (including phenoxy) is 1. The predicted molar refractivity (Wildman–Crippen MR) is 109 cm³/mol. The number of aromatic nitrogens is 1. The van der Waals surface area contributed by atoms with Gasteiger partial charge in [0.2, 0.25) is 0 Å². The van der Waals surface area contributed by atoms with E-state index in [1.807, 2.05) is 54.6 Å². The van der Waals surface area contributed by atoms with Crippen molar-refractivity contribution in [2.45, 2.75) is 6.54 Å². The van der Waals surface area contributed by atoms with E-state index >= 15 is 0 Å². The number of nitrogens with one attached hydrogen (secondary N) is 3. The van der Waals surface area contributed by atoms with Gasteiger partial charge in [-0.05, 0) is 35.0 Å². The molecule has 0 unspecified atom stereocenters. The van der Waals surface area contributed by atoms with E-state index in [2.05, 4.69) is 15.6 Å². The number of aromatic amines is 1. The van der Waals surface area contributed by atoms with Gasteiger partial charge in [0.15, 0.2) is 0 Å². The molecule has 140 valence electrons. The largest absolute Gasteiger partial charge is 0.496 e. The zero-order valence-corrected chi connectivity index (χ0v) is 15.3. The number of hydrogen-bond acceptors (Lipinski definition) is 3. The first-order valence-electron chi connectivity index (χ1n) is 8.87. The summed E-state index contributed by atoms with van der Waals surface area (Å²) in [5, 5.41) is 8.22. The van der Waals surface area contributed by atoms with Gasteiger partial charge in [-0.25, -0.2) is 0 Å². The van der Waals surface area contributed by atoms with Crippen molar-refractivity contribution in [3.05, 3.63) is 72.4 Å². The Kier molecular flexibility index (Phi) is 4.68. The summed E-state index contributed by atoms with van der Waals surface area (Å²) in [6.07, 6.45) is 1.78. The summed E-state index contributed by atoms with van der Waals surface area (Å²) in [5.74, 6) is -0.757. The highest BCUT2D eigenvalue weighted by atomic mass is 16.5. The molecule has 6 heteroatoms. The highest BCUT2D eigenvalue weighted by Crippen LogP contribution is 2.28. The van der Waals surface area contributed by atoms with Crippen molar-refractivity contribution < 1.29 is 14.3 Å². The number of rotatable bonds is 4. The lowest BCUT2D eigenvalue weighted by molar-refractivity contribution is -0.136. The molecular weight excluding hydrogens is 354 g/mol. The molecule has 0 radical (unpaired) electrons. The highest BCUT2D eigenvalue weighted by molar-refractivity contribution is 6.40. The molecule has 4 rings (SSSR count). The first-order chi connectivity index (χ1) is 13.7. The van der Waals surface area contributed by atoms with Crippen LogP contribution in [0.2, 0.25) is 0 Å². The van der Waals surface area contributed by atoms with Gasteiger partial charge in [0.25, 0.3) is 0 Å². The summed E-state index contributed by atoms with van der Waals surface area (Å²) in [6, 6.07) is 19.0. The van der Waals surface area contributed by atoms with Crippen LogP contribution < -0.4 is 15.4 Å². The highest BCUT2D eigenvalue weighted by Gasteiger charge is 2.16. The first kappa shape index (κ1) is 17.6.